The Morgan fingerprint density at radius 3 is 2.60 bits per heavy atom. The zero-order valence-electron chi connectivity index (χ0n) is 6.44. The van der Waals surface area contributed by atoms with Gasteiger partial charge in [-0.05, 0) is 30.9 Å². The maximum Gasteiger partial charge on any atom is 0.159 e. The van der Waals surface area contributed by atoms with Crippen molar-refractivity contribution in [3.63, 3.8) is 0 Å². The number of ketones is 1. The Morgan fingerprint density at radius 2 is 2.20 bits per heavy atom. The van der Waals surface area contributed by atoms with Gasteiger partial charge >= 0.3 is 0 Å². The molecule has 0 aromatic carbocycles. The summed E-state index contributed by atoms with van der Waals surface area (Å²) in [5.74, 6) is 0.367. The van der Waals surface area contributed by atoms with Crippen molar-refractivity contribution in [2.24, 2.45) is 0 Å². The Balaban J connectivity index is 2.79. The Morgan fingerprint density at radius 1 is 1.50 bits per heavy atom. The van der Waals surface area contributed by atoms with Crippen molar-refractivity contribution in [2.45, 2.75) is 26.2 Å². The van der Waals surface area contributed by atoms with E-state index in [1.807, 2.05) is 13.2 Å². The van der Waals surface area contributed by atoms with Gasteiger partial charge < -0.3 is 0 Å². The lowest BCUT2D eigenvalue weighted by Crippen LogP contribution is -1.92. The van der Waals surface area contributed by atoms with Gasteiger partial charge in [0.1, 0.15) is 0 Å². The molecule has 0 heterocycles. The third kappa shape index (κ3) is 1.43. The van der Waals surface area contributed by atoms with Crippen LogP contribution in [0.2, 0.25) is 0 Å². The molecule has 56 valence electrons. The monoisotopic (exact) mass is 156 g/mol. The summed E-state index contributed by atoms with van der Waals surface area (Å²) in [6.45, 7) is 2.03. The van der Waals surface area contributed by atoms with Crippen LogP contribution in [0, 0.1) is 0 Å². The molecule has 0 saturated heterocycles. The SMILES string of the molecule is CS/C(C)=C1\CCCC1=O. The van der Waals surface area contributed by atoms with Crippen molar-refractivity contribution in [3.05, 3.63) is 10.5 Å². The maximum absolute atomic E-state index is 11.1. The molecule has 0 aromatic rings. The summed E-state index contributed by atoms with van der Waals surface area (Å²) in [5.41, 5.74) is 1.08. The Hall–Kier alpha value is -0.240. The molecule has 0 spiro atoms. The molecule has 0 atom stereocenters. The first-order valence-corrected chi connectivity index (χ1v) is 4.75. The van der Waals surface area contributed by atoms with Gasteiger partial charge in [-0.3, -0.25) is 4.79 Å². The van der Waals surface area contributed by atoms with Gasteiger partial charge in [-0.25, -0.2) is 0 Å². The molecular formula is C8H12OS. The fourth-order valence-electron chi connectivity index (χ4n) is 1.21. The third-order valence-corrected chi connectivity index (χ3v) is 2.76. The van der Waals surface area contributed by atoms with E-state index in [0.717, 1.165) is 24.8 Å². The number of allylic oxidation sites excluding steroid dienone is 2. The topological polar surface area (TPSA) is 17.1 Å². The molecule has 1 nitrogen and oxygen atoms in total. The first-order valence-electron chi connectivity index (χ1n) is 3.52. The highest BCUT2D eigenvalue weighted by Crippen LogP contribution is 2.27. The minimum absolute atomic E-state index is 0.367. The summed E-state index contributed by atoms with van der Waals surface area (Å²) in [6.07, 6.45) is 4.86. The lowest BCUT2D eigenvalue weighted by Gasteiger charge is -1.98. The number of Topliss-reactive ketones (excluding diaryl/α,β-unsaturated/α-hetero) is 1. The van der Waals surface area contributed by atoms with Crippen LogP contribution in [0.15, 0.2) is 10.5 Å². The normalized spacial score (nSPS) is 23.6. The molecule has 1 aliphatic rings. The molecule has 0 bridgehead atoms. The highest BCUT2D eigenvalue weighted by atomic mass is 32.2. The van der Waals surface area contributed by atoms with Crippen molar-refractivity contribution in [1.29, 1.82) is 0 Å². The Kier molecular flexibility index (Phi) is 2.55. The van der Waals surface area contributed by atoms with Gasteiger partial charge in [-0.2, -0.15) is 0 Å². The summed E-state index contributed by atoms with van der Waals surface area (Å²) in [5, 5.41) is 0. The van der Waals surface area contributed by atoms with Crippen LogP contribution < -0.4 is 0 Å². The molecule has 0 amide bonds. The molecule has 0 aliphatic heterocycles. The number of rotatable bonds is 1. The van der Waals surface area contributed by atoms with E-state index in [0.29, 0.717) is 5.78 Å². The smallest absolute Gasteiger partial charge is 0.159 e. The van der Waals surface area contributed by atoms with Gasteiger partial charge in [0.05, 0.1) is 0 Å². The second-order valence-corrected chi connectivity index (χ2v) is 3.54. The molecule has 0 N–H and O–H groups in total. The zero-order chi connectivity index (χ0) is 7.56. The highest BCUT2D eigenvalue weighted by Gasteiger charge is 2.18. The van der Waals surface area contributed by atoms with Gasteiger partial charge in [-0.15, -0.1) is 11.8 Å². The van der Waals surface area contributed by atoms with Crippen molar-refractivity contribution in [3.8, 4) is 0 Å². The maximum atomic E-state index is 11.1. The predicted octanol–water partition coefficient (Wildman–Crippen LogP) is 2.38. The Bertz CT molecular complexity index is 182. The van der Waals surface area contributed by atoms with Gasteiger partial charge in [0.25, 0.3) is 0 Å². The molecule has 0 radical (unpaired) electrons. The van der Waals surface area contributed by atoms with Gasteiger partial charge in [0.2, 0.25) is 0 Å². The first-order chi connectivity index (χ1) is 4.75. The molecule has 1 aliphatic carbocycles. The number of carbonyl (C=O) groups is 1. The zero-order valence-corrected chi connectivity index (χ0v) is 7.25. The van der Waals surface area contributed by atoms with Crippen LogP contribution >= 0.6 is 11.8 Å². The predicted molar refractivity (Wildman–Crippen MR) is 45.1 cm³/mol. The molecular weight excluding hydrogens is 144 g/mol. The van der Waals surface area contributed by atoms with Crippen molar-refractivity contribution in [2.75, 3.05) is 6.26 Å². The number of hydrogen-bond acceptors (Lipinski definition) is 2. The van der Waals surface area contributed by atoms with Crippen LogP contribution in [-0.2, 0) is 4.79 Å². The molecule has 0 aromatic heterocycles. The molecule has 2 heteroatoms. The summed E-state index contributed by atoms with van der Waals surface area (Å²) in [7, 11) is 0. The van der Waals surface area contributed by atoms with Crippen molar-refractivity contribution < 1.29 is 4.79 Å². The fraction of sp³-hybridized carbons (Fsp3) is 0.625. The van der Waals surface area contributed by atoms with E-state index in [1.54, 1.807) is 11.8 Å². The van der Waals surface area contributed by atoms with Crippen LogP contribution in [-0.4, -0.2) is 12.0 Å². The van der Waals surface area contributed by atoms with Crippen LogP contribution in [0.4, 0.5) is 0 Å². The van der Waals surface area contributed by atoms with Gasteiger partial charge in [0, 0.05) is 12.0 Å². The van der Waals surface area contributed by atoms with Crippen LogP contribution in [0.3, 0.4) is 0 Å². The van der Waals surface area contributed by atoms with Crippen LogP contribution in [0.25, 0.3) is 0 Å². The van der Waals surface area contributed by atoms with E-state index in [9.17, 15) is 4.79 Å². The molecule has 10 heavy (non-hydrogen) atoms. The van der Waals surface area contributed by atoms with E-state index < -0.39 is 0 Å². The summed E-state index contributed by atoms with van der Waals surface area (Å²) >= 11 is 1.68. The largest absolute Gasteiger partial charge is 0.295 e. The van der Waals surface area contributed by atoms with E-state index in [4.69, 9.17) is 0 Å². The lowest BCUT2D eigenvalue weighted by atomic mass is 10.2. The van der Waals surface area contributed by atoms with Crippen LogP contribution in [0.1, 0.15) is 26.2 Å². The van der Waals surface area contributed by atoms with E-state index in [-0.39, 0.29) is 0 Å². The van der Waals surface area contributed by atoms with E-state index in [2.05, 4.69) is 0 Å². The second-order valence-electron chi connectivity index (χ2n) is 2.52. The minimum Gasteiger partial charge on any atom is -0.295 e. The molecule has 0 unspecified atom stereocenters. The molecule has 1 rings (SSSR count). The Labute approximate surface area is 65.9 Å². The number of thioether (sulfide) groups is 1. The quantitative estimate of drug-likeness (QED) is 0.542. The number of hydrogen-bond donors (Lipinski definition) is 0. The van der Waals surface area contributed by atoms with Crippen molar-refractivity contribution in [1.82, 2.24) is 0 Å². The second kappa shape index (κ2) is 3.24. The average molecular weight is 156 g/mol. The van der Waals surface area contributed by atoms with E-state index >= 15 is 0 Å². The summed E-state index contributed by atoms with van der Waals surface area (Å²) in [4.78, 5) is 12.3. The molecule has 1 saturated carbocycles. The van der Waals surface area contributed by atoms with Crippen molar-refractivity contribution >= 4 is 17.5 Å². The fourth-order valence-corrected chi connectivity index (χ4v) is 1.67. The molecule has 1 fully saturated rings. The first kappa shape index (κ1) is 7.86. The number of carbonyl (C=O) groups excluding carboxylic acids is 1. The van der Waals surface area contributed by atoms with Gasteiger partial charge in [-0.1, -0.05) is 0 Å². The lowest BCUT2D eigenvalue weighted by molar-refractivity contribution is -0.114. The minimum atomic E-state index is 0.367. The average Bonchev–Trinajstić information content (AvgIpc) is 2.34. The van der Waals surface area contributed by atoms with E-state index in [1.165, 1.54) is 4.91 Å². The highest BCUT2D eigenvalue weighted by molar-refractivity contribution is 8.02. The standard InChI is InChI=1S/C8H12OS/c1-6(10-2)7-4-3-5-8(7)9/h3-5H2,1-2H3/b7-6+. The third-order valence-electron chi connectivity index (χ3n) is 1.90. The summed E-state index contributed by atoms with van der Waals surface area (Å²) < 4.78 is 0. The van der Waals surface area contributed by atoms with Crippen LogP contribution in [0.5, 0.6) is 0 Å². The summed E-state index contributed by atoms with van der Waals surface area (Å²) in [6, 6.07) is 0. The van der Waals surface area contributed by atoms with Gasteiger partial charge in [0.15, 0.2) is 5.78 Å².